The number of carboxylic acid groups (broad SMARTS) is 2. The molecule has 98 valence electrons. The molecular formula is C5H13N2NaO8S. The third kappa shape index (κ3) is 38.9. The fourth-order valence-electron chi connectivity index (χ4n) is 0.402. The van der Waals surface area contributed by atoms with E-state index >= 15 is 0 Å². The van der Waals surface area contributed by atoms with Crippen molar-refractivity contribution in [2.24, 2.45) is 5.73 Å². The molecule has 0 saturated carbocycles. The number of hydrogen-bond donors (Lipinski definition) is 5. The zero-order chi connectivity index (χ0) is 12.6. The average Bonchev–Trinajstić information content (AvgIpc) is 1.96. The second kappa shape index (κ2) is 12.2. The number of hydrogen-bond acceptors (Lipinski definition) is 7. The Morgan fingerprint density at radius 3 is 1.76 bits per heavy atom. The maximum absolute atomic E-state index is 9.99. The molecule has 12 heteroatoms. The molecule has 0 heterocycles. The Kier molecular flexibility index (Phi) is 18.3. The van der Waals surface area contributed by atoms with E-state index in [0.717, 1.165) is 0 Å². The summed E-state index contributed by atoms with van der Waals surface area (Å²) in [5, 5.41) is 16.3. The van der Waals surface area contributed by atoms with Gasteiger partial charge in [-0.2, -0.15) is 0 Å². The Morgan fingerprint density at radius 2 is 1.59 bits per heavy atom. The maximum Gasteiger partial charge on any atom is 1.00 e. The summed E-state index contributed by atoms with van der Waals surface area (Å²) in [6.45, 7) is 0. The second-order valence-electron chi connectivity index (χ2n) is 2.30. The van der Waals surface area contributed by atoms with Gasteiger partial charge >= 0.3 is 41.5 Å². The van der Waals surface area contributed by atoms with E-state index in [-0.39, 0.29) is 48.5 Å². The molecule has 0 aliphatic heterocycles. The maximum atomic E-state index is 9.99. The molecule has 0 aliphatic rings. The monoisotopic (exact) mass is 284 g/mol. The van der Waals surface area contributed by atoms with E-state index in [1.165, 1.54) is 0 Å². The van der Waals surface area contributed by atoms with Crippen molar-refractivity contribution >= 4 is 22.3 Å². The van der Waals surface area contributed by atoms with Crippen molar-refractivity contribution in [3.63, 3.8) is 0 Å². The number of carbonyl (C=O) groups is 2. The molecule has 0 aromatic rings. The predicted octanol–water partition coefficient (Wildman–Crippen LogP) is -4.57. The Morgan fingerprint density at radius 1 is 1.29 bits per heavy atom. The number of nitrogens with two attached hydrogens (primary N) is 1. The van der Waals surface area contributed by atoms with E-state index in [2.05, 4.69) is 0 Å². The van der Waals surface area contributed by atoms with Gasteiger partial charge in [-0.25, -0.2) is 8.42 Å². The molecule has 0 rings (SSSR count). The fraction of sp³-hybridized carbons (Fsp3) is 0.600. The predicted molar refractivity (Wildman–Crippen MR) is 49.8 cm³/mol. The summed E-state index contributed by atoms with van der Waals surface area (Å²) in [6, 6.07) is -1.06. The van der Waals surface area contributed by atoms with Crippen molar-refractivity contribution in [2.75, 3.05) is 0 Å². The minimum Gasteiger partial charge on any atom is -0.726 e. The van der Waals surface area contributed by atoms with Gasteiger partial charge < -0.3 is 26.7 Å². The van der Waals surface area contributed by atoms with Crippen LogP contribution in [0.15, 0.2) is 0 Å². The molecule has 1 atom stereocenters. The topological polar surface area (TPSA) is 213 Å². The number of aliphatic carboxylic acids is 2. The average molecular weight is 284 g/mol. The van der Waals surface area contributed by atoms with Gasteiger partial charge in [-0.05, 0) is 6.42 Å². The standard InChI is InChI=1S/C5H9NO4.H3N.Na.H2O4S/c6-3(5(9)10)1-2-4(7)8;;;1-5(2,3)4/h3H,1-2,6H2,(H,7,8)(H,9,10);1H3;;(H2,1,2,3,4)/q;;+1;/p-1/t3-;;;/m0.../s1. The molecule has 0 saturated heterocycles. The fourth-order valence-corrected chi connectivity index (χ4v) is 0.402. The van der Waals surface area contributed by atoms with Crippen LogP contribution in [0.4, 0.5) is 0 Å². The summed E-state index contributed by atoms with van der Waals surface area (Å²) >= 11 is 0. The first kappa shape index (κ1) is 25.5. The summed E-state index contributed by atoms with van der Waals surface area (Å²) in [6.07, 6.45) is -0.224. The quantitative estimate of drug-likeness (QED) is 0.189. The van der Waals surface area contributed by atoms with Crippen molar-refractivity contribution in [1.82, 2.24) is 6.15 Å². The molecule has 0 amide bonds. The van der Waals surface area contributed by atoms with Gasteiger partial charge in [0.05, 0.1) is 0 Å². The van der Waals surface area contributed by atoms with E-state index in [1.54, 1.807) is 0 Å². The molecule has 0 fully saturated rings. The molecular weight excluding hydrogens is 271 g/mol. The van der Waals surface area contributed by atoms with Crippen LogP contribution in [0.25, 0.3) is 0 Å². The van der Waals surface area contributed by atoms with Gasteiger partial charge in [-0.3, -0.25) is 14.1 Å². The van der Waals surface area contributed by atoms with Gasteiger partial charge in [0.25, 0.3) is 0 Å². The first-order valence-electron chi connectivity index (χ1n) is 3.42. The summed E-state index contributed by atoms with van der Waals surface area (Å²) < 4.78 is 32.8. The normalized spacial score (nSPS) is 10.8. The Balaban J connectivity index is -0.000000105. The molecule has 0 aromatic carbocycles. The zero-order valence-corrected chi connectivity index (χ0v) is 11.9. The van der Waals surface area contributed by atoms with E-state index in [4.69, 9.17) is 33.5 Å². The van der Waals surface area contributed by atoms with Crippen LogP contribution in [-0.2, 0) is 20.0 Å². The summed E-state index contributed by atoms with van der Waals surface area (Å²) in [7, 11) is -4.92. The molecule has 0 aliphatic carbocycles. The Hall–Kier alpha value is -0.270. The van der Waals surface area contributed by atoms with Crippen LogP contribution in [0, 0.1) is 0 Å². The van der Waals surface area contributed by atoms with Gasteiger partial charge in [0.2, 0.25) is 10.4 Å². The van der Waals surface area contributed by atoms with E-state index in [1.807, 2.05) is 0 Å². The van der Waals surface area contributed by atoms with Gasteiger partial charge in [0.1, 0.15) is 6.04 Å². The molecule has 0 unspecified atom stereocenters. The first-order chi connectivity index (χ1) is 6.54. The second-order valence-corrected chi connectivity index (χ2v) is 3.16. The Labute approximate surface area is 120 Å². The van der Waals surface area contributed by atoms with E-state index < -0.39 is 28.4 Å². The third-order valence-electron chi connectivity index (χ3n) is 0.986. The van der Waals surface area contributed by atoms with Crippen molar-refractivity contribution in [3.05, 3.63) is 0 Å². The van der Waals surface area contributed by atoms with Gasteiger partial charge in [-0.15, -0.1) is 0 Å². The molecule has 0 spiro atoms. The smallest absolute Gasteiger partial charge is 0.726 e. The molecule has 17 heavy (non-hydrogen) atoms. The number of rotatable bonds is 4. The SMILES string of the molecule is N.N[C@@H](CCC(=O)O)C(=O)O.O=S(=O)([O-])O.[Na+]. The van der Waals surface area contributed by atoms with Crippen LogP contribution in [0.1, 0.15) is 12.8 Å². The third-order valence-corrected chi connectivity index (χ3v) is 0.986. The van der Waals surface area contributed by atoms with Gasteiger partial charge in [0, 0.05) is 6.42 Å². The number of carboxylic acids is 2. The van der Waals surface area contributed by atoms with Crippen molar-refractivity contribution in [1.29, 1.82) is 0 Å². The van der Waals surface area contributed by atoms with Crippen molar-refractivity contribution in [3.8, 4) is 0 Å². The van der Waals surface area contributed by atoms with Gasteiger partial charge in [-0.1, -0.05) is 0 Å². The van der Waals surface area contributed by atoms with Crippen LogP contribution < -0.4 is 41.4 Å². The Bertz CT molecular complexity index is 310. The molecule has 0 bridgehead atoms. The van der Waals surface area contributed by atoms with Crippen molar-refractivity contribution < 1.29 is 66.9 Å². The zero-order valence-electron chi connectivity index (χ0n) is 9.07. The van der Waals surface area contributed by atoms with Crippen LogP contribution >= 0.6 is 0 Å². The van der Waals surface area contributed by atoms with Crippen LogP contribution in [-0.4, -0.2) is 45.7 Å². The largest absolute Gasteiger partial charge is 1.00 e. The van der Waals surface area contributed by atoms with Gasteiger partial charge in [0.15, 0.2) is 0 Å². The first-order valence-corrected chi connectivity index (χ1v) is 4.79. The minimum absolute atomic E-state index is 0. The molecule has 10 nitrogen and oxygen atoms in total. The summed E-state index contributed by atoms with van der Waals surface area (Å²) in [5.41, 5.74) is 5.00. The molecule has 8 N–H and O–H groups in total. The van der Waals surface area contributed by atoms with E-state index in [0.29, 0.717) is 0 Å². The van der Waals surface area contributed by atoms with Crippen molar-refractivity contribution in [2.45, 2.75) is 18.9 Å². The minimum atomic E-state index is -4.92. The van der Waals surface area contributed by atoms with E-state index in [9.17, 15) is 9.59 Å². The molecule has 0 aromatic heterocycles. The summed E-state index contributed by atoms with van der Waals surface area (Å²) in [5.74, 6) is -2.20. The molecule has 0 radical (unpaired) electrons. The van der Waals surface area contributed by atoms with Crippen LogP contribution in [0.3, 0.4) is 0 Å². The van der Waals surface area contributed by atoms with Crippen LogP contribution in [0.5, 0.6) is 0 Å². The summed E-state index contributed by atoms with van der Waals surface area (Å²) in [4.78, 5) is 19.9. The van der Waals surface area contributed by atoms with Crippen LogP contribution in [0.2, 0.25) is 0 Å².